The molecule has 2 aromatic carbocycles. The van der Waals surface area contributed by atoms with Crippen molar-refractivity contribution < 1.29 is 19.1 Å². The highest BCUT2D eigenvalue weighted by Crippen LogP contribution is 2.25. The van der Waals surface area contributed by atoms with Crippen LogP contribution < -0.4 is 10.1 Å². The first-order valence-electron chi connectivity index (χ1n) is 10.4. The lowest BCUT2D eigenvalue weighted by Crippen LogP contribution is -2.13. The van der Waals surface area contributed by atoms with Crippen LogP contribution in [0.1, 0.15) is 34.2 Å². The van der Waals surface area contributed by atoms with Gasteiger partial charge in [0.05, 0.1) is 19.3 Å². The monoisotopic (exact) mass is 443 g/mol. The van der Waals surface area contributed by atoms with E-state index in [0.717, 1.165) is 28.4 Å². The van der Waals surface area contributed by atoms with Crippen LogP contribution in [0.5, 0.6) is 5.75 Å². The van der Waals surface area contributed by atoms with E-state index < -0.39 is 11.9 Å². The van der Waals surface area contributed by atoms with Gasteiger partial charge in [0.15, 0.2) is 0 Å². The molecule has 0 fully saturated rings. The van der Waals surface area contributed by atoms with Crippen molar-refractivity contribution in [3.63, 3.8) is 0 Å². The number of hydrogen-bond donors (Lipinski definition) is 1. The minimum atomic E-state index is -0.533. The Hall–Kier alpha value is -4.31. The normalized spacial score (nSPS) is 10.9. The van der Waals surface area contributed by atoms with Gasteiger partial charge in [-0.1, -0.05) is 0 Å². The number of aromatic nitrogens is 1. The number of aryl methyl sites for hydroxylation is 1. The summed E-state index contributed by atoms with van der Waals surface area (Å²) in [6, 6.07) is 17.9. The predicted molar refractivity (Wildman–Crippen MR) is 126 cm³/mol. The van der Waals surface area contributed by atoms with Crippen molar-refractivity contribution in [1.82, 2.24) is 4.57 Å². The van der Waals surface area contributed by atoms with Crippen LogP contribution in [0.2, 0.25) is 0 Å². The second-order valence-corrected chi connectivity index (χ2v) is 7.28. The molecule has 1 N–H and O–H groups in total. The van der Waals surface area contributed by atoms with Gasteiger partial charge in [-0.05, 0) is 87.0 Å². The summed E-state index contributed by atoms with van der Waals surface area (Å²) in [6.45, 7) is 6.45. The van der Waals surface area contributed by atoms with Gasteiger partial charge >= 0.3 is 5.97 Å². The Labute approximate surface area is 192 Å². The molecular weight excluding hydrogens is 418 g/mol. The Morgan fingerprint density at radius 1 is 1.09 bits per heavy atom. The molecule has 0 aliphatic carbocycles. The molecule has 0 bridgehead atoms. The van der Waals surface area contributed by atoms with E-state index in [1.807, 2.05) is 57.2 Å². The summed E-state index contributed by atoms with van der Waals surface area (Å²) in [7, 11) is 1.30. The lowest BCUT2D eigenvalue weighted by molar-refractivity contribution is -0.112. The van der Waals surface area contributed by atoms with E-state index in [1.54, 1.807) is 30.3 Å². The van der Waals surface area contributed by atoms with Gasteiger partial charge in [-0.15, -0.1) is 0 Å². The maximum Gasteiger partial charge on any atom is 0.337 e. The average Bonchev–Trinajstić information content (AvgIpc) is 3.10. The van der Waals surface area contributed by atoms with Crippen molar-refractivity contribution in [3.05, 3.63) is 82.7 Å². The third-order valence-electron chi connectivity index (χ3n) is 5.10. The molecule has 0 radical (unpaired) electrons. The fourth-order valence-corrected chi connectivity index (χ4v) is 3.50. The van der Waals surface area contributed by atoms with Crippen molar-refractivity contribution in [1.29, 1.82) is 5.26 Å². The number of ether oxygens (including phenoxy) is 2. The van der Waals surface area contributed by atoms with Crippen LogP contribution in [-0.4, -0.2) is 30.2 Å². The molecule has 3 aromatic rings. The molecule has 0 unspecified atom stereocenters. The van der Waals surface area contributed by atoms with Crippen LogP contribution in [-0.2, 0) is 9.53 Å². The van der Waals surface area contributed by atoms with E-state index in [2.05, 4.69) is 14.6 Å². The van der Waals surface area contributed by atoms with E-state index in [4.69, 9.17) is 4.74 Å². The maximum atomic E-state index is 12.7. The number of carbonyl (C=O) groups is 2. The number of rotatable bonds is 7. The number of nitrogens with zero attached hydrogens (tertiary/aromatic N) is 2. The molecular formula is C26H25N3O4. The van der Waals surface area contributed by atoms with Gasteiger partial charge in [0.2, 0.25) is 0 Å². The third-order valence-corrected chi connectivity index (χ3v) is 5.10. The SMILES string of the molecule is CCOc1ccc(-n2c(C)cc(/C=C(/C#N)C(=O)Nc3ccc(C(=O)OC)cc3)c2C)cc1. The van der Waals surface area contributed by atoms with Gasteiger partial charge in [0.25, 0.3) is 5.91 Å². The van der Waals surface area contributed by atoms with Gasteiger partial charge in [-0.3, -0.25) is 4.79 Å². The zero-order valence-electron chi connectivity index (χ0n) is 19.0. The molecule has 7 heteroatoms. The molecule has 0 saturated carbocycles. The third kappa shape index (κ3) is 5.31. The molecule has 0 atom stereocenters. The molecule has 0 saturated heterocycles. The molecule has 0 aliphatic heterocycles. The standard InChI is InChI=1S/C26H25N3O4/c1-5-33-24-12-10-23(11-13-24)29-17(2)14-20(18(29)3)15-21(16-27)25(30)28-22-8-6-19(7-9-22)26(31)32-4/h6-15H,5H2,1-4H3,(H,28,30)/b21-15-. The fraction of sp³-hybridized carbons (Fsp3) is 0.192. The summed E-state index contributed by atoms with van der Waals surface area (Å²) < 4.78 is 12.2. The lowest BCUT2D eigenvalue weighted by Gasteiger charge is -2.11. The number of methoxy groups -OCH3 is 1. The van der Waals surface area contributed by atoms with Crippen LogP contribution in [0.3, 0.4) is 0 Å². The highest BCUT2D eigenvalue weighted by Gasteiger charge is 2.14. The number of nitrogens with one attached hydrogen (secondary N) is 1. The van der Waals surface area contributed by atoms with Crippen molar-refractivity contribution in [2.75, 3.05) is 19.0 Å². The molecule has 3 rings (SSSR count). The minimum absolute atomic E-state index is 0.0287. The Morgan fingerprint density at radius 2 is 1.76 bits per heavy atom. The molecule has 33 heavy (non-hydrogen) atoms. The van der Waals surface area contributed by atoms with Crippen LogP contribution in [0.4, 0.5) is 5.69 Å². The second kappa shape index (κ2) is 10.3. The number of anilines is 1. The Bertz CT molecular complexity index is 1230. The number of esters is 1. The molecule has 0 spiro atoms. The lowest BCUT2D eigenvalue weighted by atomic mass is 10.1. The van der Waals surface area contributed by atoms with Gasteiger partial charge in [0.1, 0.15) is 17.4 Å². The Kier molecular flexibility index (Phi) is 7.31. The van der Waals surface area contributed by atoms with E-state index in [0.29, 0.717) is 17.9 Å². The summed E-state index contributed by atoms with van der Waals surface area (Å²) in [5, 5.41) is 12.3. The summed E-state index contributed by atoms with van der Waals surface area (Å²) in [4.78, 5) is 24.2. The predicted octanol–water partition coefficient (Wildman–Crippen LogP) is 4.83. The topological polar surface area (TPSA) is 93.4 Å². The molecule has 1 aromatic heterocycles. The van der Waals surface area contributed by atoms with Crippen molar-refractivity contribution >= 4 is 23.6 Å². The van der Waals surface area contributed by atoms with Gasteiger partial charge < -0.3 is 19.4 Å². The first-order chi connectivity index (χ1) is 15.9. The second-order valence-electron chi connectivity index (χ2n) is 7.28. The number of hydrogen-bond acceptors (Lipinski definition) is 5. The van der Waals surface area contributed by atoms with E-state index in [9.17, 15) is 14.9 Å². The van der Waals surface area contributed by atoms with Crippen LogP contribution in [0.15, 0.2) is 60.2 Å². The van der Waals surface area contributed by atoms with Gasteiger partial charge in [-0.25, -0.2) is 4.79 Å². The average molecular weight is 444 g/mol. The number of amides is 1. The van der Waals surface area contributed by atoms with Crippen LogP contribution in [0, 0.1) is 25.2 Å². The van der Waals surface area contributed by atoms with E-state index >= 15 is 0 Å². The highest BCUT2D eigenvalue weighted by molar-refractivity contribution is 6.09. The molecule has 1 heterocycles. The summed E-state index contributed by atoms with van der Waals surface area (Å²) >= 11 is 0. The summed E-state index contributed by atoms with van der Waals surface area (Å²) in [5.41, 5.74) is 4.41. The smallest absolute Gasteiger partial charge is 0.337 e. The molecule has 1 amide bonds. The van der Waals surface area contributed by atoms with Gasteiger partial charge in [0, 0.05) is 22.8 Å². The minimum Gasteiger partial charge on any atom is -0.494 e. The number of nitriles is 1. The van der Waals surface area contributed by atoms with Crippen LogP contribution in [0.25, 0.3) is 11.8 Å². The molecule has 168 valence electrons. The fourth-order valence-electron chi connectivity index (χ4n) is 3.50. The van der Waals surface area contributed by atoms with Crippen molar-refractivity contribution in [2.45, 2.75) is 20.8 Å². The zero-order chi connectivity index (χ0) is 24.0. The summed E-state index contributed by atoms with van der Waals surface area (Å²) in [5.74, 6) is -0.200. The van der Waals surface area contributed by atoms with Crippen molar-refractivity contribution in [3.8, 4) is 17.5 Å². The molecule has 0 aliphatic rings. The quantitative estimate of drug-likeness (QED) is 0.321. The number of carbonyl (C=O) groups excluding carboxylic acids is 2. The maximum absolute atomic E-state index is 12.7. The zero-order valence-corrected chi connectivity index (χ0v) is 19.0. The highest BCUT2D eigenvalue weighted by atomic mass is 16.5. The van der Waals surface area contributed by atoms with Crippen LogP contribution >= 0.6 is 0 Å². The Balaban J connectivity index is 1.83. The van der Waals surface area contributed by atoms with Crippen molar-refractivity contribution in [2.24, 2.45) is 0 Å². The molecule has 7 nitrogen and oxygen atoms in total. The van der Waals surface area contributed by atoms with Gasteiger partial charge in [-0.2, -0.15) is 5.26 Å². The first kappa shape index (κ1) is 23.4. The first-order valence-corrected chi connectivity index (χ1v) is 10.4. The van der Waals surface area contributed by atoms with E-state index in [-0.39, 0.29) is 5.57 Å². The Morgan fingerprint density at radius 3 is 2.33 bits per heavy atom. The van der Waals surface area contributed by atoms with E-state index in [1.165, 1.54) is 7.11 Å². The largest absolute Gasteiger partial charge is 0.494 e. The number of benzene rings is 2. The summed E-state index contributed by atoms with van der Waals surface area (Å²) in [6.07, 6.45) is 1.57.